The number of rotatable bonds is 4. The van der Waals surface area contributed by atoms with Crippen molar-refractivity contribution in [2.45, 2.75) is 44.9 Å². The molecule has 0 saturated heterocycles. The molecule has 0 radical (unpaired) electrons. The molecule has 4 fully saturated rings. The maximum absolute atomic E-state index is 5.09. The van der Waals surface area contributed by atoms with Gasteiger partial charge in [-0.25, -0.2) is 5.90 Å². The van der Waals surface area contributed by atoms with Gasteiger partial charge in [0.2, 0.25) is 0 Å². The van der Waals surface area contributed by atoms with Crippen LogP contribution in [-0.4, -0.2) is 6.61 Å². The van der Waals surface area contributed by atoms with Crippen LogP contribution in [0.1, 0.15) is 44.9 Å². The summed E-state index contributed by atoms with van der Waals surface area (Å²) >= 11 is 0. The third-order valence-electron chi connectivity index (χ3n) is 5.22. The van der Waals surface area contributed by atoms with Crippen LogP contribution in [0.3, 0.4) is 0 Å². The van der Waals surface area contributed by atoms with Gasteiger partial charge >= 0.3 is 0 Å². The van der Waals surface area contributed by atoms with E-state index in [1.807, 2.05) is 0 Å². The minimum atomic E-state index is 0.753. The monoisotopic (exact) mass is 209 g/mol. The average Bonchev–Trinajstić information content (AvgIpc) is 2.21. The zero-order chi connectivity index (χ0) is 10.3. The van der Waals surface area contributed by atoms with Gasteiger partial charge in [-0.1, -0.05) is 0 Å². The molecule has 4 saturated carbocycles. The quantitative estimate of drug-likeness (QED) is 0.571. The highest BCUT2D eigenvalue weighted by Gasteiger charge is 2.47. The van der Waals surface area contributed by atoms with Crippen LogP contribution in [0.5, 0.6) is 0 Å². The first-order chi connectivity index (χ1) is 7.36. The summed E-state index contributed by atoms with van der Waals surface area (Å²) in [5.41, 5.74) is 0. The molecule has 2 nitrogen and oxygen atoms in total. The second kappa shape index (κ2) is 4.06. The Bertz CT molecular complexity index is 201. The summed E-state index contributed by atoms with van der Waals surface area (Å²) < 4.78 is 0. The highest BCUT2D eigenvalue weighted by atomic mass is 16.6. The standard InChI is InChI=1S/C13H23NO/c14-15-3-1-2-13-11-5-9-4-10(7-11)8-12(13)6-9/h9-13H,1-8,14H2. The fourth-order valence-electron chi connectivity index (χ4n) is 4.91. The Hall–Kier alpha value is -0.0800. The fraction of sp³-hybridized carbons (Fsp3) is 1.00. The van der Waals surface area contributed by atoms with Crippen LogP contribution in [0.15, 0.2) is 0 Å². The molecule has 4 aliphatic rings. The van der Waals surface area contributed by atoms with Crippen LogP contribution < -0.4 is 5.90 Å². The lowest BCUT2D eigenvalue weighted by Gasteiger charge is -2.54. The van der Waals surface area contributed by atoms with Gasteiger partial charge in [0, 0.05) is 0 Å². The van der Waals surface area contributed by atoms with E-state index in [4.69, 9.17) is 5.90 Å². The second-order valence-electron chi connectivity index (χ2n) is 6.11. The molecule has 0 unspecified atom stereocenters. The first-order valence-corrected chi connectivity index (χ1v) is 6.68. The van der Waals surface area contributed by atoms with Crippen LogP contribution in [0.2, 0.25) is 0 Å². The molecular formula is C13H23NO. The van der Waals surface area contributed by atoms with E-state index in [0.29, 0.717) is 0 Å². The van der Waals surface area contributed by atoms with E-state index < -0.39 is 0 Å². The van der Waals surface area contributed by atoms with E-state index in [1.54, 1.807) is 32.1 Å². The molecule has 0 amide bonds. The predicted octanol–water partition coefficient (Wildman–Crippen LogP) is 2.73. The summed E-state index contributed by atoms with van der Waals surface area (Å²) in [5, 5.41) is 0. The van der Waals surface area contributed by atoms with Crippen molar-refractivity contribution in [3.05, 3.63) is 0 Å². The van der Waals surface area contributed by atoms with Crippen LogP contribution in [-0.2, 0) is 4.84 Å². The molecule has 4 aliphatic carbocycles. The van der Waals surface area contributed by atoms with Gasteiger partial charge < -0.3 is 4.84 Å². The second-order valence-corrected chi connectivity index (χ2v) is 6.11. The minimum Gasteiger partial charge on any atom is -0.305 e. The Balaban J connectivity index is 1.60. The smallest absolute Gasteiger partial charge is 0.0679 e. The highest BCUT2D eigenvalue weighted by molar-refractivity contribution is 4.97. The van der Waals surface area contributed by atoms with Crippen molar-refractivity contribution in [3.63, 3.8) is 0 Å². The SMILES string of the molecule is NOCCCC1C2CC3CC(C2)CC1C3. The molecule has 2 heteroatoms. The van der Waals surface area contributed by atoms with E-state index in [0.717, 1.165) is 36.2 Å². The summed E-state index contributed by atoms with van der Waals surface area (Å²) in [6.07, 6.45) is 10.3. The molecule has 4 rings (SSSR count). The zero-order valence-electron chi connectivity index (χ0n) is 9.53. The summed E-state index contributed by atoms with van der Waals surface area (Å²) in [6, 6.07) is 0. The number of hydrogen-bond donors (Lipinski definition) is 1. The van der Waals surface area contributed by atoms with Crippen molar-refractivity contribution in [2.24, 2.45) is 35.5 Å². The molecule has 0 aromatic carbocycles. The lowest BCUT2D eigenvalue weighted by molar-refractivity contribution is -0.0426. The van der Waals surface area contributed by atoms with Gasteiger partial charge in [0.05, 0.1) is 6.61 Å². The van der Waals surface area contributed by atoms with Gasteiger partial charge in [-0.15, -0.1) is 0 Å². The molecule has 2 N–H and O–H groups in total. The molecule has 86 valence electrons. The Kier molecular flexibility index (Phi) is 2.73. The van der Waals surface area contributed by atoms with Gasteiger partial charge in [0.25, 0.3) is 0 Å². The van der Waals surface area contributed by atoms with Gasteiger partial charge in [0.1, 0.15) is 0 Å². The normalized spacial score (nSPS) is 47.4. The summed E-state index contributed by atoms with van der Waals surface area (Å²) in [4.78, 5) is 4.68. The highest BCUT2D eigenvalue weighted by Crippen LogP contribution is 2.57. The van der Waals surface area contributed by atoms with Crippen molar-refractivity contribution >= 4 is 0 Å². The van der Waals surface area contributed by atoms with Gasteiger partial charge in [-0.3, -0.25) is 0 Å². The molecule has 0 aromatic heterocycles. The van der Waals surface area contributed by atoms with Crippen molar-refractivity contribution < 1.29 is 4.84 Å². The van der Waals surface area contributed by atoms with Crippen molar-refractivity contribution in [2.75, 3.05) is 6.61 Å². The maximum Gasteiger partial charge on any atom is 0.0679 e. The van der Waals surface area contributed by atoms with E-state index >= 15 is 0 Å². The Morgan fingerprint density at radius 3 is 2.07 bits per heavy atom. The van der Waals surface area contributed by atoms with Crippen LogP contribution in [0, 0.1) is 29.6 Å². The third kappa shape index (κ3) is 1.83. The molecule has 0 aliphatic heterocycles. The Morgan fingerprint density at radius 1 is 0.933 bits per heavy atom. The predicted molar refractivity (Wildman–Crippen MR) is 59.9 cm³/mol. The summed E-state index contributed by atoms with van der Waals surface area (Å²) in [5.74, 6) is 10.5. The van der Waals surface area contributed by atoms with Gasteiger partial charge in [0.15, 0.2) is 0 Å². The van der Waals surface area contributed by atoms with E-state index in [-0.39, 0.29) is 0 Å². The number of nitrogens with two attached hydrogens (primary N) is 1. The van der Waals surface area contributed by atoms with Crippen molar-refractivity contribution in [1.82, 2.24) is 0 Å². The van der Waals surface area contributed by atoms with Gasteiger partial charge in [-0.2, -0.15) is 0 Å². The molecular weight excluding hydrogens is 186 g/mol. The summed E-state index contributed by atoms with van der Waals surface area (Å²) in [7, 11) is 0. The van der Waals surface area contributed by atoms with Crippen LogP contribution in [0.4, 0.5) is 0 Å². The third-order valence-corrected chi connectivity index (χ3v) is 5.22. The van der Waals surface area contributed by atoms with Gasteiger partial charge in [-0.05, 0) is 74.5 Å². The molecule has 0 aromatic rings. The lowest BCUT2D eigenvalue weighted by atomic mass is 9.51. The summed E-state index contributed by atoms with van der Waals surface area (Å²) in [6.45, 7) is 0.753. The number of hydrogen-bond acceptors (Lipinski definition) is 2. The minimum absolute atomic E-state index is 0.753. The molecule has 15 heavy (non-hydrogen) atoms. The Morgan fingerprint density at radius 2 is 1.53 bits per heavy atom. The van der Waals surface area contributed by atoms with Crippen molar-refractivity contribution in [1.29, 1.82) is 0 Å². The largest absolute Gasteiger partial charge is 0.305 e. The molecule has 4 bridgehead atoms. The van der Waals surface area contributed by atoms with E-state index in [2.05, 4.69) is 4.84 Å². The Labute approximate surface area is 92.5 Å². The van der Waals surface area contributed by atoms with E-state index in [1.165, 1.54) is 12.8 Å². The first kappa shape index (κ1) is 10.1. The fourth-order valence-corrected chi connectivity index (χ4v) is 4.91. The zero-order valence-corrected chi connectivity index (χ0v) is 9.53. The molecule has 0 spiro atoms. The lowest BCUT2D eigenvalue weighted by Crippen LogP contribution is -2.45. The first-order valence-electron chi connectivity index (χ1n) is 6.68. The van der Waals surface area contributed by atoms with Crippen molar-refractivity contribution in [3.8, 4) is 0 Å². The van der Waals surface area contributed by atoms with Crippen LogP contribution in [0.25, 0.3) is 0 Å². The maximum atomic E-state index is 5.09. The molecule has 0 heterocycles. The topological polar surface area (TPSA) is 35.2 Å². The molecule has 0 atom stereocenters. The average molecular weight is 209 g/mol. The van der Waals surface area contributed by atoms with E-state index in [9.17, 15) is 0 Å². The van der Waals surface area contributed by atoms with Crippen LogP contribution >= 0.6 is 0 Å².